The van der Waals surface area contributed by atoms with Crippen molar-refractivity contribution in [3.8, 4) is 17.2 Å². The minimum atomic E-state index is -0.666. The van der Waals surface area contributed by atoms with Gasteiger partial charge >= 0.3 is 11.7 Å². The molecule has 3 rings (SSSR count). The molecule has 1 aromatic carbocycles. The summed E-state index contributed by atoms with van der Waals surface area (Å²) in [5.41, 5.74) is -0.233. The Hall–Kier alpha value is -3.51. The zero-order valence-electron chi connectivity index (χ0n) is 20.5. The van der Waals surface area contributed by atoms with Gasteiger partial charge in [-0.05, 0) is 26.2 Å². The smallest absolute Gasteiger partial charge is 0.338 e. The number of imidazole rings is 1. The van der Waals surface area contributed by atoms with Crippen LogP contribution in [0.25, 0.3) is 11.2 Å². The highest BCUT2D eigenvalue weighted by molar-refractivity contribution is 5.91. The van der Waals surface area contributed by atoms with Gasteiger partial charge in [-0.3, -0.25) is 13.9 Å². The highest BCUT2D eigenvalue weighted by Gasteiger charge is 2.19. The third kappa shape index (κ3) is 5.60. The maximum Gasteiger partial charge on any atom is 0.338 e. The number of fused-ring (bicyclic) bond motifs is 1. The van der Waals surface area contributed by atoms with Gasteiger partial charge in [0.05, 0.1) is 39.8 Å². The van der Waals surface area contributed by atoms with Crippen molar-refractivity contribution in [3.63, 3.8) is 0 Å². The van der Waals surface area contributed by atoms with Gasteiger partial charge in [-0.25, -0.2) is 14.6 Å². The first-order chi connectivity index (χ1) is 16.2. The number of hydrogen-bond acceptors (Lipinski definition) is 9. The zero-order valence-corrected chi connectivity index (χ0v) is 21.3. The summed E-state index contributed by atoms with van der Waals surface area (Å²) in [6.45, 7) is 0.922. The average Bonchev–Trinajstić information content (AvgIpc) is 3.26. The van der Waals surface area contributed by atoms with E-state index >= 15 is 0 Å². The summed E-state index contributed by atoms with van der Waals surface area (Å²) in [6.07, 6.45) is 1.55. The van der Waals surface area contributed by atoms with Crippen molar-refractivity contribution in [3.05, 3.63) is 44.9 Å². The number of aromatic nitrogens is 4. The van der Waals surface area contributed by atoms with Crippen molar-refractivity contribution in [2.75, 3.05) is 48.6 Å². The lowest BCUT2D eigenvalue weighted by molar-refractivity contribution is -0.0000263. The maximum absolute atomic E-state index is 13.1. The molecular formula is C22H29ClN5O7-. The number of aryl methyl sites for hydroxylation is 1. The van der Waals surface area contributed by atoms with Crippen LogP contribution in [0, 0.1) is 0 Å². The molecule has 12 nitrogen and oxygen atoms in total. The number of nitrogens with zero attached hydrogens (tertiary/aromatic N) is 5. The van der Waals surface area contributed by atoms with Crippen LogP contribution in [0.3, 0.4) is 0 Å². The number of esters is 1. The third-order valence-corrected chi connectivity index (χ3v) is 5.34. The second kappa shape index (κ2) is 11.8. The van der Waals surface area contributed by atoms with E-state index in [0.717, 1.165) is 4.57 Å². The Morgan fingerprint density at radius 2 is 1.66 bits per heavy atom. The largest absolute Gasteiger partial charge is 1.00 e. The molecule has 13 heteroatoms. The Morgan fingerprint density at radius 1 is 1.03 bits per heavy atom. The molecule has 0 unspecified atom stereocenters. The Kier molecular flexibility index (Phi) is 9.32. The molecule has 0 bridgehead atoms. The molecule has 0 spiro atoms. The van der Waals surface area contributed by atoms with Crippen LogP contribution in [0.1, 0.15) is 10.4 Å². The molecular weight excluding hydrogens is 482 g/mol. The number of carbonyl (C=O) groups excluding carboxylic acids is 1. The minimum Gasteiger partial charge on any atom is -1.00 e. The van der Waals surface area contributed by atoms with Gasteiger partial charge < -0.3 is 40.8 Å². The van der Waals surface area contributed by atoms with Gasteiger partial charge in [0.1, 0.15) is 6.61 Å². The highest BCUT2D eigenvalue weighted by Crippen LogP contribution is 2.38. The Bertz CT molecular complexity index is 1290. The molecule has 0 saturated carbocycles. The van der Waals surface area contributed by atoms with Crippen LogP contribution in [0.5, 0.6) is 17.2 Å². The molecule has 0 fully saturated rings. The zero-order chi connectivity index (χ0) is 25.0. The SMILES string of the molecule is COc1cc(C(=O)OCCn2c(=O)c3c(ncn3CCN(C)C)n(C)c2=O)cc(OC)c1OC.[Cl-]. The normalized spacial score (nSPS) is 10.8. The second-order valence-corrected chi connectivity index (χ2v) is 7.76. The van der Waals surface area contributed by atoms with E-state index < -0.39 is 17.2 Å². The molecule has 2 heterocycles. The fraction of sp³-hybridized carbons (Fsp3) is 0.455. The van der Waals surface area contributed by atoms with Gasteiger partial charge in [-0.1, -0.05) is 0 Å². The molecule has 2 aromatic heterocycles. The van der Waals surface area contributed by atoms with Crippen LogP contribution in [-0.2, 0) is 24.9 Å². The molecule has 0 radical (unpaired) electrons. The lowest BCUT2D eigenvalue weighted by Gasteiger charge is -2.14. The van der Waals surface area contributed by atoms with Gasteiger partial charge in [-0.15, -0.1) is 0 Å². The van der Waals surface area contributed by atoms with Gasteiger partial charge in [-0.2, -0.15) is 0 Å². The number of likely N-dealkylation sites (N-methyl/N-ethyl adjacent to an activating group) is 1. The highest BCUT2D eigenvalue weighted by atomic mass is 35.5. The molecule has 0 atom stereocenters. The van der Waals surface area contributed by atoms with Crippen molar-refractivity contribution in [1.29, 1.82) is 0 Å². The summed E-state index contributed by atoms with van der Waals surface area (Å²) in [5.74, 6) is 0.280. The summed E-state index contributed by atoms with van der Waals surface area (Å²) in [4.78, 5) is 44.7. The molecule has 0 saturated heterocycles. The summed E-state index contributed by atoms with van der Waals surface area (Å²) in [7, 11) is 9.73. The van der Waals surface area contributed by atoms with E-state index in [-0.39, 0.29) is 31.1 Å². The Labute approximate surface area is 208 Å². The molecule has 0 aliphatic carbocycles. The molecule has 0 N–H and O–H groups in total. The van der Waals surface area contributed by atoms with E-state index in [9.17, 15) is 14.4 Å². The number of methoxy groups -OCH3 is 3. The Balaban J connectivity index is 0.00000432. The molecule has 0 aliphatic heterocycles. The topological polar surface area (TPSA) is 119 Å². The number of halogens is 1. The van der Waals surface area contributed by atoms with Crippen LogP contribution in [0.15, 0.2) is 28.0 Å². The third-order valence-electron chi connectivity index (χ3n) is 5.34. The first kappa shape index (κ1) is 27.7. The predicted octanol–water partition coefficient (Wildman–Crippen LogP) is -2.65. The average molecular weight is 511 g/mol. The fourth-order valence-electron chi connectivity index (χ4n) is 3.51. The van der Waals surface area contributed by atoms with Crippen LogP contribution in [-0.4, -0.2) is 78.1 Å². The first-order valence-electron chi connectivity index (χ1n) is 10.5. The lowest BCUT2D eigenvalue weighted by Crippen LogP contribution is -3.00. The predicted molar refractivity (Wildman–Crippen MR) is 124 cm³/mol. The van der Waals surface area contributed by atoms with Gasteiger partial charge in [0.2, 0.25) is 5.75 Å². The summed E-state index contributed by atoms with van der Waals surface area (Å²) in [5, 5.41) is 0. The van der Waals surface area contributed by atoms with Crippen molar-refractivity contribution in [1.82, 2.24) is 23.6 Å². The number of rotatable bonds is 10. The van der Waals surface area contributed by atoms with Gasteiger partial charge in [0.25, 0.3) is 5.56 Å². The minimum absolute atomic E-state index is 0. The fourth-order valence-corrected chi connectivity index (χ4v) is 3.51. The number of hydrogen-bond donors (Lipinski definition) is 0. The van der Waals surface area contributed by atoms with E-state index in [1.54, 1.807) is 17.9 Å². The number of carbonyl (C=O) groups is 1. The molecule has 192 valence electrons. The van der Waals surface area contributed by atoms with E-state index in [1.165, 1.54) is 38.0 Å². The van der Waals surface area contributed by atoms with E-state index in [1.807, 2.05) is 19.0 Å². The van der Waals surface area contributed by atoms with E-state index in [2.05, 4.69) is 4.98 Å². The van der Waals surface area contributed by atoms with Crippen molar-refractivity contribution in [2.24, 2.45) is 7.05 Å². The molecule has 3 aromatic rings. The van der Waals surface area contributed by atoms with Crippen molar-refractivity contribution in [2.45, 2.75) is 13.1 Å². The van der Waals surface area contributed by atoms with Crippen LogP contribution in [0.2, 0.25) is 0 Å². The summed E-state index contributed by atoms with van der Waals surface area (Å²) >= 11 is 0. The first-order valence-corrected chi connectivity index (χ1v) is 10.5. The van der Waals surface area contributed by atoms with Gasteiger partial charge in [0.15, 0.2) is 22.7 Å². The van der Waals surface area contributed by atoms with Gasteiger partial charge in [0, 0.05) is 20.1 Å². The molecule has 0 amide bonds. The lowest BCUT2D eigenvalue weighted by atomic mass is 10.2. The van der Waals surface area contributed by atoms with E-state index in [0.29, 0.717) is 41.5 Å². The maximum atomic E-state index is 13.1. The van der Waals surface area contributed by atoms with Crippen LogP contribution < -0.4 is 37.9 Å². The van der Waals surface area contributed by atoms with Crippen LogP contribution in [0.4, 0.5) is 0 Å². The summed E-state index contributed by atoms with van der Waals surface area (Å²) < 4.78 is 25.2. The summed E-state index contributed by atoms with van der Waals surface area (Å²) in [6, 6.07) is 2.93. The standard InChI is InChI=1S/C22H29N5O7.ClH/c1-24(2)7-8-26-13-23-19-17(26)20(28)27(22(30)25(19)3)9-10-34-21(29)14-11-15(31-4)18(33-6)16(12-14)32-5;/h11-13H,7-10H2,1-6H3;1H/p-1. The number of ether oxygens (including phenoxy) is 4. The van der Waals surface area contributed by atoms with Crippen molar-refractivity contribution < 1.29 is 36.1 Å². The molecule has 35 heavy (non-hydrogen) atoms. The Morgan fingerprint density at radius 3 is 2.20 bits per heavy atom. The monoisotopic (exact) mass is 510 g/mol. The van der Waals surface area contributed by atoms with E-state index in [4.69, 9.17) is 18.9 Å². The van der Waals surface area contributed by atoms with Crippen LogP contribution >= 0.6 is 0 Å². The quantitative estimate of drug-likeness (QED) is 0.269. The number of benzene rings is 1. The second-order valence-electron chi connectivity index (χ2n) is 7.76. The molecule has 0 aliphatic rings. The van der Waals surface area contributed by atoms with Crippen molar-refractivity contribution >= 4 is 17.1 Å².